The number of aryl methyl sites for hydroxylation is 1. The molecule has 0 spiro atoms. The van der Waals surface area contributed by atoms with Crippen LogP contribution in [0, 0.1) is 0 Å². The first-order valence-corrected chi connectivity index (χ1v) is 8.08. The summed E-state index contributed by atoms with van der Waals surface area (Å²) in [4.78, 5) is 5.86. The molecule has 4 rings (SSSR count). The lowest BCUT2D eigenvalue weighted by Gasteiger charge is -2.23. The van der Waals surface area contributed by atoms with Crippen molar-refractivity contribution < 1.29 is 0 Å². The van der Waals surface area contributed by atoms with E-state index in [-0.39, 0.29) is 6.04 Å². The fraction of sp³-hybridized carbons (Fsp3) is 0.167. The molecule has 2 aromatic carbocycles. The predicted molar refractivity (Wildman–Crippen MR) is 90.8 cm³/mol. The van der Waals surface area contributed by atoms with Gasteiger partial charge in [-0.2, -0.15) is 0 Å². The van der Waals surface area contributed by atoms with Crippen molar-refractivity contribution in [2.24, 2.45) is 4.99 Å². The molecule has 1 N–H and O–H groups in total. The highest BCUT2D eigenvalue weighted by Gasteiger charge is 2.24. The maximum Gasteiger partial charge on any atom is 0.0894 e. The summed E-state index contributed by atoms with van der Waals surface area (Å²) in [6.45, 7) is 2.24. The van der Waals surface area contributed by atoms with Gasteiger partial charge >= 0.3 is 0 Å². The van der Waals surface area contributed by atoms with E-state index in [0.29, 0.717) is 0 Å². The molecular formula is C18H16N2S. The third-order valence-corrected chi connectivity index (χ3v) is 5.32. The maximum atomic E-state index is 4.45. The van der Waals surface area contributed by atoms with Crippen LogP contribution in [0.25, 0.3) is 10.1 Å². The smallest absolute Gasteiger partial charge is 0.0894 e. The van der Waals surface area contributed by atoms with E-state index in [1.54, 1.807) is 0 Å². The van der Waals surface area contributed by atoms with E-state index in [1.807, 2.05) is 23.7 Å². The average molecular weight is 292 g/mol. The highest BCUT2D eigenvalue weighted by Crippen LogP contribution is 2.41. The molecule has 1 atom stereocenters. The quantitative estimate of drug-likeness (QED) is 0.719. The van der Waals surface area contributed by atoms with Crippen molar-refractivity contribution in [3.63, 3.8) is 0 Å². The van der Waals surface area contributed by atoms with Crippen molar-refractivity contribution in [2.45, 2.75) is 19.4 Å². The van der Waals surface area contributed by atoms with Crippen LogP contribution in [0.15, 0.2) is 53.5 Å². The SMILES string of the molecule is CCc1c(C2NC=Nc3ccccc32)sc2ccccc12. The van der Waals surface area contributed by atoms with Gasteiger partial charge in [-0.1, -0.05) is 43.3 Å². The van der Waals surface area contributed by atoms with Gasteiger partial charge in [0.1, 0.15) is 0 Å². The van der Waals surface area contributed by atoms with Crippen molar-refractivity contribution in [1.82, 2.24) is 5.32 Å². The first-order valence-electron chi connectivity index (χ1n) is 7.26. The van der Waals surface area contributed by atoms with Crippen LogP contribution in [0.2, 0.25) is 0 Å². The fourth-order valence-corrected chi connectivity index (χ4v) is 4.43. The third kappa shape index (κ3) is 1.96. The van der Waals surface area contributed by atoms with Crippen molar-refractivity contribution in [1.29, 1.82) is 0 Å². The Kier molecular flexibility index (Phi) is 3.00. The summed E-state index contributed by atoms with van der Waals surface area (Å²) in [6.07, 6.45) is 2.88. The molecule has 0 fully saturated rings. The molecule has 3 aromatic rings. The molecule has 0 aliphatic carbocycles. The lowest BCUT2D eigenvalue weighted by Crippen LogP contribution is -2.23. The monoisotopic (exact) mass is 292 g/mol. The van der Waals surface area contributed by atoms with Gasteiger partial charge in [-0.25, -0.2) is 4.99 Å². The zero-order chi connectivity index (χ0) is 14.2. The molecular weight excluding hydrogens is 276 g/mol. The van der Waals surface area contributed by atoms with E-state index < -0.39 is 0 Å². The van der Waals surface area contributed by atoms with Gasteiger partial charge in [0.05, 0.1) is 18.1 Å². The van der Waals surface area contributed by atoms with Crippen LogP contribution >= 0.6 is 11.3 Å². The summed E-state index contributed by atoms with van der Waals surface area (Å²) in [5.74, 6) is 0. The number of hydrogen-bond acceptors (Lipinski definition) is 3. The Morgan fingerprint density at radius 3 is 2.81 bits per heavy atom. The van der Waals surface area contributed by atoms with Crippen LogP contribution in [-0.4, -0.2) is 6.34 Å². The number of nitrogens with zero attached hydrogens (tertiary/aromatic N) is 1. The number of rotatable bonds is 2. The number of benzene rings is 2. The van der Waals surface area contributed by atoms with E-state index in [9.17, 15) is 0 Å². The molecule has 1 aliphatic rings. The molecule has 1 aromatic heterocycles. The summed E-state index contributed by atoms with van der Waals surface area (Å²) < 4.78 is 1.37. The van der Waals surface area contributed by atoms with Gasteiger partial charge in [-0.3, -0.25) is 0 Å². The zero-order valence-corrected chi connectivity index (χ0v) is 12.7. The minimum atomic E-state index is 0.214. The van der Waals surface area contributed by atoms with E-state index in [1.165, 1.54) is 26.1 Å². The predicted octanol–water partition coefficient (Wildman–Crippen LogP) is 4.82. The molecule has 0 amide bonds. The van der Waals surface area contributed by atoms with E-state index in [4.69, 9.17) is 0 Å². The van der Waals surface area contributed by atoms with Gasteiger partial charge in [0.15, 0.2) is 0 Å². The first kappa shape index (κ1) is 12.6. The number of para-hydroxylation sites is 1. The summed E-state index contributed by atoms with van der Waals surface area (Å²) in [7, 11) is 0. The molecule has 0 radical (unpaired) electrons. The molecule has 0 bridgehead atoms. The number of aliphatic imine (C=N–C) groups is 1. The van der Waals surface area contributed by atoms with Crippen LogP contribution in [0.5, 0.6) is 0 Å². The highest BCUT2D eigenvalue weighted by atomic mass is 32.1. The van der Waals surface area contributed by atoms with Gasteiger partial charge in [-0.05, 0) is 29.5 Å². The molecule has 104 valence electrons. The number of hydrogen-bond donors (Lipinski definition) is 1. The van der Waals surface area contributed by atoms with Gasteiger partial charge in [-0.15, -0.1) is 11.3 Å². The van der Waals surface area contributed by atoms with Crippen molar-refractivity contribution in [2.75, 3.05) is 0 Å². The Bertz CT molecular complexity index is 832. The Hall–Kier alpha value is -2.13. The summed E-state index contributed by atoms with van der Waals surface area (Å²) in [6, 6.07) is 17.3. The second kappa shape index (κ2) is 5.01. The van der Waals surface area contributed by atoms with Gasteiger partial charge in [0.25, 0.3) is 0 Å². The van der Waals surface area contributed by atoms with Crippen molar-refractivity contribution in [3.8, 4) is 0 Å². The summed E-state index contributed by atoms with van der Waals surface area (Å²) in [5, 5.41) is 4.84. The second-order valence-electron chi connectivity index (χ2n) is 5.21. The number of nitrogens with one attached hydrogen (secondary N) is 1. The number of fused-ring (bicyclic) bond motifs is 2. The largest absolute Gasteiger partial charge is 0.364 e. The molecule has 0 saturated heterocycles. The Morgan fingerprint density at radius 2 is 1.90 bits per heavy atom. The third-order valence-electron chi connectivity index (χ3n) is 4.04. The normalized spacial score (nSPS) is 16.7. The molecule has 3 heteroatoms. The lowest BCUT2D eigenvalue weighted by atomic mass is 9.97. The topological polar surface area (TPSA) is 24.4 Å². The lowest BCUT2D eigenvalue weighted by molar-refractivity contribution is 0.768. The van der Waals surface area contributed by atoms with Crippen molar-refractivity contribution >= 4 is 33.4 Å². The molecule has 1 unspecified atom stereocenters. The molecule has 21 heavy (non-hydrogen) atoms. The van der Waals surface area contributed by atoms with Crippen LogP contribution in [0.4, 0.5) is 5.69 Å². The standard InChI is InChI=1S/C18H16N2S/c1-2-12-13-7-4-6-10-16(13)21-18(12)17-14-8-3-5-9-15(14)19-11-20-17/h3-11,17H,2H2,1H3,(H,19,20). The van der Waals surface area contributed by atoms with Gasteiger partial charge in [0.2, 0.25) is 0 Å². The van der Waals surface area contributed by atoms with Gasteiger partial charge < -0.3 is 5.32 Å². The van der Waals surface area contributed by atoms with Crippen LogP contribution in [0.3, 0.4) is 0 Å². The minimum Gasteiger partial charge on any atom is -0.364 e. The summed E-state index contributed by atoms with van der Waals surface area (Å²) >= 11 is 1.89. The molecule has 0 saturated carbocycles. The number of thiophene rings is 1. The molecule has 2 nitrogen and oxygen atoms in total. The van der Waals surface area contributed by atoms with Crippen LogP contribution in [0.1, 0.15) is 29.0 Å². The second-order valence-corrected chi connectivity index (χ2v) is 6.30. The fourth-order valence-electron chi connectivity index (χ4n) is 3.05. The zero-order valence-electron chi connectivity index (χ0n) is 11.8. The Morgan fingerprint density at radius 1 is 1.10 bits per heavy atom. The van der Waals surface area contributed by atoms with Gasteiger partial charge in [0, 0.05) is 15.1 Å². The highest BCUT2D eigenvalue weighted by molar-refractivity contribution is 7.19. The van der Waals surface area contributed by atoms with Crippen molar-refractivity contribution in [3.05, 3.63) is 64.5 Å². The van der Waals surface area contributed by atoms with E-state index >= 15 is 0 Å². The maximum absolute atomic E-state index is 4.45. The average Bonchev–Trinajstić information content (AvgIpc) is 2.92. The summed E-state index contributed by atoms with van der Waals surface area (Å²) in [5.41, 5.74) is 3.79. The Labute approximate surface area is 128 Å². The van der Waals surface area contributed by atoms with E-state index in [0.717, 1.165) is 12.1 Å². The van der Waals surface area contributed by atoms with E-state index in [2.05, 4.69) is 59.7 Å². The van der Waals surface area contributed by atoms with Crippen LogP contribution in [-0.2, 0) is 6.42 Å². The first-order chi connectivity index (χ1) is 10.4. The molecule has 1 aliphatic heterocycles. The minimum absolute atomic E-state index is 0.214. The van der Waals surface area contributed by atoms with Crippen LogP contribution < -0.4 is 5.32 Å². The molecule has 2 heterocycles. The Balaban J connectivity index is 1.93.